The van der Waals surface area contributed by atoms with Gasteiger partial charge < -0.3 is 4.74 Å². The van der Waals surface area contributed by atoms with Gasteiger partial charge in [-0.15, -0.1) is 34.0 Å². The standard InChI is InChI=1S/C33H28OS3/c1-3-34-13-5-4-6-26-11-12-29(35-26)23-10-9-22-17-28-31(19-25(22)15-23)37-32-27-16-21-8-7-20(2)14-24(21)18-30(27)36-33(28)32/h7-12,14-19H,3-6,13H2,1-2H3. The van der Waals surface area contributed by atoms with Crippen molar-refractivity contribution in [2.45, 2.75) is 33.1 Å². The minimum atomic E-state index is 0.814. The van der Waals surface area contributed by atoms with Crippen LogP contribution in [0.25, 0.3) is 61.6 Å². The lowest BCUT2D eigenvalue weighted by molar-refractivity contribution is 0.143. The van der Waals surface area contributed by atoms with Crippen LogP contribution in [0.15, 0.2) is 72.8 Å². The molecule has 0 fully saturated rings. The molecule has 3 aromatic heterocycles. The van der Waals surface area contributed by atoms with E-state index in [2.05, 4.69) is 86.6 Å². The Labute approximate surface area is 228 Å². The summed E-state index contributed by atoms with van der Waals surface area (Å²) >= 11 is 5.83. The number of hydrogen-bond donors (Lipinski definition) is 0. The molecule has 37 heavy (non-hydrogen) atoms. The number of rotatable bonds is 7. The molecule has 0 saturated heterocycles. The molecule has 7 rings (SSSR count). The van der Waals surface area contributed by atoms with E-state index < -0.39 is 0 Å². The van der Waals surface area contributed by atoms with Crippen molar-refractivity contribution in [1.82, 2.24) is 0 Å². The van der Waals surface area contributed by atoms with Crippen LogP contribution < -0.4 is 0 Å². The summed E-state index contributed by atoms with van der Waals surface area (Å²) in [5, 5.41) is 8.11. The first-order valence-electron chi connectivity index (χ1n) is 13.1. The van der Waals surface area contributed by atoms with E-state index in [9.17, 15) is 0 Å². The summed E-state index contributed by atoms with van der Waals surface area (Å²) in [6.07, 6.45) is 3.46. The Morgan fingerprint density at radius 1 is 0.649 bits per heavy atom. The zero-order valence-corrected chi connectivity index (χ0v) is 23.5. The lowest BCUT2D eigenvalue weighted by Gasteiger charge is -2.03. The predicted molar refractivity (Wildman–Crippen MR) is 167 cm³/mol. The quantitative estimate of drug-likeness (QED) is 0.184. The second-order valence-electron chi connectivity index (χ2n) is 9.89. The Balaban J connectivity index is 1.24. The molecule has 0 atom stereocenters. The van der Waals surface area contributed by atoms with Crippen LogP contribution in [-0.4, -0.2) is 13.2 Å². The van der Waals surface area contributed by atoms with E-state index in [0.29, 0.717) is 0 Å². The van der Waals surface area contributed by atoms with Crippen LogP contribution in [0, 0.1) is 6.92 Å². The Morgan fingerprint density at radius 3 is 2.08 bits per heavy atom. The average molecular weight is 537 g/mol. The van der Waals surface area contributed by atoms with Crippen LogP contribution in [0.5, 0.6) is 0 Å². The maximum Gasteiger partial charge on any atom is 0.0542 e. The number of fused-ring (bicyclic) bond motifs is 7. The summed E-state index contributed by atoms with van der Waals surface area (Å²) in [6.45, 7) is 5.92. The third kappa shape index (κ3) is 4.26. The Kier molecular flexibility index (Phi) is 6.01. The molecule has 3 heterocycles. The zero-order valence-electron chi connectivity index (χ0n) is 21.1. The highest BCUT2D eigenvalue weighted by Gasteiger charge is 2.14. The molecule has 0 aliphatic carbocycles. The van der Waals surface area contributed by atoms with Crippen molar-refractivity contribution < 1.29 is 4.74 Å². The van der Waals surface area contributed by atoms with Gasteiger partial charge in [0.25, 0.3) is 0 Å². The van der Waals surface area contributed by atoms with Gasteiger partial charge in [-0.25, -0.2) is 0 Å². The monoisotopic (exact) mass is 536 g/mol. The van der Waals surface area contributed by atoms with Crippen LogP contribution in [0.1, 0.15) is 30.2 Å². The molecule has 7 aromatic rings. The van der Waals surface area contributed by atoms with E-state index in [1.54, 1.807) is 0 Å². The first-order chi connectivity index (χ1) is 18.2. The molecule has 0 amide bonds. The van der Waals surface area contributed by atoms with Gasteiger partial charge in [0.2, 0.25) is 0 Å². The third-order valence-corrected chi connectivity index (χ3v) is 11.0. The molecule has 0 bridgehead atoms. The molecule has 4 aromatic carbocycles. The summed E-state index contributed by atoms with van der Waals surface area (Å²) < 4.78 is 11.1. The summed E-state index contributed by atoms with van der Waals surface area (Å²) in [5.74, 6) is 0. The van der Waals surface area contributed by atoms with Crippen LogP contribution in [0.3, 0.4) is 0 Å². The van der Waals surface area contributed by atoms with E-state index in [0.717, 1.165) is 26.1 Å². The van der Waals surface area contributed by atoms with Crippen LogP contribution in [-0.2, 0) is 11.2 Å². The van der Waals surface area contributed by atoms with Gasteiger partial charge in [0.05, 0.1) is 9.40 Å². The smallest absolute Gasteiger partial charge is 0.0542 e. The van der Waals surface area contributed by atoms with Gasteiger partial charge in [0.1, 0.15) is 0 Å². The fourth-order valence-electron chi connectivity index (χ4n) is 5.33. The average Bonchev–Trinajstić information content (AvgIpc) is 3.60. The molecule has 4 heteroatoms. The lowest BCUT2D eigenvalue weighted by atomic mass is 10.0. The van der Waals surface area contributed by atoms with Crippen molar-refractivity contribution in [3.63, 3.8) is 0 Å². The molecule has 1 nitrogen and oxygen atoms in total. The molecule has 0 spiro atoms. The van der Waals surface area contributed by atoms with Crippen molar-refractivity contribution in [3.05, 3.63) is 83.2 Å². The Morgan fingerprint density at radius 2 is 1.35 bits per heavy atom. The number of aryl methyl sites for hydroxylation is 2. The Bertz CT molecular complexity index is 1920. The topological polar surface area (TPSA) is 9.23 Å². The third-order valence-electron chi connectivity index (χ3n) is 7.26. The molecular weight excluding hydrogens is 509 g/mol. The van der Waals surface area contributed by atoms with Crippen LogP contribution >= 0.6 is 34.0 Å². The van der Waals surface area contributed by atoms with E-state index in [1.165, 1.54) is 78.4 Å². The van der Waals surface area contributed by atoms with Crippen molar-refractivity contribution >= 4 is 85.1 Å². The number of ether oxygens (including phenoxy) is 1. The van der Waals surface area contributed by atoms with Gasteiger partial charge in [0.15, 0.2) is 0 Å². The number of benzene rings is 4. The normalized spacial score (nSPS) is 12.2. The van der Waals surface area contributed by atoms with Crippen LogP contribution in [0.2, 0.25) is 0 Å². The number of hydrogen-bond acceptors (Lipinski definition) is 4. The van der Waals surface area contributed by atoms with E-state index in [-0.39, 0.29) is 0 Å². The SMILES string of the molecule is CCOCCCCc1ccc(-c2ccc3cc4c(cc3c2)sc2c3cc5ccc(C)cc5cc3sc42)s1. The van der Waals surface area contributed by atoms with Crippen molar-refractivity contribution in [3.8, 4) is 10.4 Å². The molecular formula is C33H28OS3. The molecule has 0 aliphatic rings. The highest BCUT2D eigenvalue weighted by molar-refractivity contribution is 7.36. The van der Waals surface area contributed by atoms with Gasteiger partial charge in [-0.05, 0) is 103 Å². The second kappa shape index (κ2) is 9.52. The highest BCUT2D eigenvalue weighted by atomic mass is 32.1. The fraction of sp³-hybridized carbons (Fsp3) is 0.212. The van der Waals surface area contributed by atoms with E-state index in [1.807, 2.05) is 34.0 Å². The molecule has 0 saturated carbocycles. The van der Waals surface area contributed by atoms with Gasteiger partial charge in [-0.1, -0.05) is 35.9 Å². The highest BCUT2D eigenvalue weighted by Crippen LogP contribution is 2.46. The summed E-state index contributed by atoms with van der Waals surface area (Å²) in [5.41, 5.74) is 2.64. The predicted octanol–water partition coefficient (Wildman–Crippen LogP) is 11.0. The first-order valence-corrected chi connectivity index (χ1v) is 15.5. The zero-order chi connectivity index (χ0) is 24.9. The van der Waals surface area contributed by atoms with Crippen molar-refractivity contribution in [1.29, 1.82) is 0 Å². The van der Waals surface area contributed by atoms with Crippen molar-refractivity contribution in [2.75, 3.05) is 13.2 Å². The number of unbranched alkanes of at least 4 members (excludes halogenated alkanes) is 1. The Hall–Kier alpha value is -2.76. The van der Waals surface area contributed by atoms with Gasteiger partial charge in [-0.3, -0.25) is 0 Å². The minimum Gasteiger partial charge on any atom is -0.382 e. The molecule has 0 N–H and O–H groups in total. The summed E-state index contributed by atoms with van der Waals surface area (Å²) in [6, 6.07) is 27.9. The van der Waals surface area contributed by atoms with E-state index >= 15 is 0 Å². The maximum absolute atomic E-state index is 5.48. The number of thiophene rings is 3. The summed E-state index contributed by atoms with van der Waals surface area (Å²) in [4.78, 5) is 2.83. The first kappa shape index (κ1) is 23.4. The fourth-order valence-corrected chi connectivity index (χ4v) is 9.07. The van der Waals surface area contributed by atoms with Gasteiger partial charge >= 0.3 is 0 Å². The molecule has 0 aliphatic heterocycles. The van der Waals surface area contributed by atoms with Gasteiger partial charge in [-0.2, -0.15) is 0 Å². The second-order valence-corrected chi connectivity index (χ2v) is 13.2. The van der Waals surface area contributed by atoms with E-state index in [4.69, 9.17) is 4.74 Å². The van der Waals surface area contributed by atoms with Crippen LogP contribution in [0.4, 0.5) is 0 Å². The largest absolute Gasteiger partial charge is 0.382 e. The van der Waals surface area contributed by atoms with Crippen molar-refractivity contribution in [2.24, 2.45) is 0 Å². The maximum atomic E-state index is 5.48. The lowest BCUT2D eigenvalue weighted by Crippen LogP contribution is -1.93. The van der Waals surface area contributed by atoms with Gasteiger partial charge in [0, 0.05) is 43.1 Å². The summed E-state index contributed by atoms with van der Waals surface area (Å²) in [7, 11) is 0. The molecule has 0 radical (unpaired) electrons. The minimum absolute atomic E-state index is 0.814. The molecule has 184 valence electrons. The molecule has 0 unspecified atom stereocenters.